The van der Waals surface area contributed by atoms with E-state index in [1.807, 2.05) is 0 Å². The maximum absolute atomic E-state index is 13.6. The summed E-state index contributed by atoms with van der Waals surface area (Å²) in [5.74, 6) is -0.944. The van der Waals surface area contributed by atoms with E-state index in [2.05, 4.69) is 15.5 Å². The summed E-state index contributed by atoms with van der Waals surface area (Å²) >= 11 is 12.0. The van der Waals surface area contributed by atoms with Crippen LogP contribution in [0.5, 0.6) is 5.75 Å². The molecule has 32 heavy (non-hydrogen) atoms. The van der Waals surface area contributed by atoms with E-state index in [-0.39, 0.29) is 35.4 Å². The minimum Gasteiger partial charge on any atom is -0.489 e. The lowest BCUT2D eigenvalue weighted by atomic mass is 10.1. The Morgan fingerprint density at radius 2 is 1.88 bits per heavy atom. The summed E-state index contributed by atoms with van der Waals surface area (Å²) in [5.41, 5.74) is 6.53. The van der Waals surface area contributed by atoms with Gasteiger partial charge in [0.1, 0.15) is 5.82 Å². The minimum atomic E-state index is -0.720. The van der Waals surface area contributed by atoms with Gasteiger partial charge in [-0.1, -0.05) is 41.4 Å². The molecule has 3 aromatic rings. The van der Waals surface area contributed by atoms with Crippen molar-refractivity contribution in [2.75, 3.05) is 24.7 Å². The van der Waals surface area contributed by atoms with Crippen LogP contribution in [0.2, 0.25) is 10.0 Å². The van der Waals surface area contributed by atoms with Gasteiger partial charge in [-0.25, -0.2) is 9.18 Å². The van der Waals surface area contributed by atoms with E-state index in [9.17, 15) is 14.0 Å². The first-order valence-electron chi connectivity index (χ1n) is 9.30. The Morgan fingerprint density at radius 1 is 1.16 bits per heavy atom. The van der Waals surface area contributed by atoms with Gasteiger partial charge in [0.05, 0.1) is 11.6 Å². The van der Waals surface area contributed by atoms with Crippen molar-refractivity contribution in [1.29, 1.82) is 0 Å². The van der Waals surface area contributed by atoms with Crippen molar-refractivity contribution in [2.45, 2.75) is 6.42 Å². The number of ether oxygens (including phenoxy) is 1. The molecule has 0 unspecified atom stereocenters. The molecule has 0 aliphatic rings. The summed E-state index contributed by atoms with van der Waals surface area (Å²) in [6.07, 6.45) is 0.202. The highest BCUT2D eigenvalue weighted by Gasteiger charge is 2.19. The number of carbonyl (C=O) groups is 2. The van der Waals surface area contributed by atoms with Gasteiger partial charge in [0.15, 0.2) is 17.4 Å². The SMILES string of the molecule is CN(C(=O)Nc1cc(OCCc2c(Cl)ccc(F)c2Cl)c(N)nn1)C(=O)c1ccccc1. The van der Waals surface area contributed by atoms with Gasteiger partial charge in [0, 0.05) is 30.1 Å². The number of hydrogen-bond donors (Lipinski definition) is 2. The monoisotopic (exact) mass is 477 g/mol. The Kier molecular flexibility index (Phi) is 7.45. The lowest BCUT2D eigenvalue weighted by Gasteiger charge is -2.16. The number of aromatic nitrogens is 2. The molecule has 0 saturated carbocycles. The smallest absolute Gasteiger partial charge is 0.329 e. The summed E-state index contributed by atoms with van der Waals surface area (Å²) < 4.78 is 19.2. The van der Waals surface area contributed by atoms with Crippen molar-refractivity contribution in [3.8, 4) is 5.75 Å². The van der Waals surface area contributed by atoms with Crippen molar-refractivity contribution in [1.82, 2.24) is 15.1 Å². The third-order valence-corrected chi connectivity index (χ3v) is 5.16. The number of rotatable bonds is 6. The van der Waals surface area contributed by atoms with E-state index >= 15 is 0 Å². The fraction of sp³-hybridized carbons (Fsp3) is 0.143. The van der Waals surface area contributed by atoms with Crippen molar-refractivity contribution < 1.29 is 18.7 Å². The molecule has 166 valence electrons. The molecule has 0 spiro atoms. The first-order chi connectivity index (χ1) is 15.3. The van der Waals surface area contributed by atoms with E-state index in [0.29, 0.717) is 16.1 Å². The number of nitrogens with one attached hydrogen (secondary N) is 1. The van der Waals surface area contributed by atoms with Gasteiger partial charge in [-0.15, -0.1) is 10.2 Å². The average molecular weight is 478 g/mol. The van der Waals surface area contributed by atoms with Gasteiger partial charge >= 0.3 is 6.03 Å². The summed E-state index contributed by atoms with van der Waals surface area (Å²) in [6.45, 7) is 0.0541. The molecule has 8 nitrogen and oxygen atoms in total. The van der Waals surface area contributed by atoms with Gasteiger partial charge in [-0.05, 0) is 29.8 Å². The van der Waals surface area contributed by atoms with Crippen molar-refractivity contribution >= 4 is 46.8 Å². The summed E-state index contributed by atoms with van der Waals surface area (Å²) in [4.78, 5) is 25.7. The van der Waals surface area contributed by atoms with Crippen LogP contribution < -0.4 is 15.8 Å². The molecule has 11 heteroatoms. The highest BCUT2D eigenvalue weighted by atomic mass is 35.5. The second kappa shape index (κ2) is 10.3. The van der Waals surface area contributed by atoms with Crippen LogP contribution in [0.3, 0.4) is 0 Å². The zero-order chi connectivity index (χ0) is 23.3. The van der Waals surface area contributed by atoms with E-state index in [4.69, 9.17) is 33.7 Å². The maximum Gasteiger partial charge on any atom is 0.329 e. The number of amides is 3. The van der Waals surface area contributed by atoms with Gasteiger partial charge in [-0.3, -0.25) is 15.0 Å². The van der Waals surface area contributed by atoms with Gasteiger partial charge in [0.2, 0.25) is 0 Å². The molecule has 0 bridgehead atoms. The fourth-order valence-electron chi connectivity index (χ4n) is 2.68. The molecule has 0 fully saturated rings. The summed E-state index contributed by atoms with van der Waals surface area (Å²) in [5, 5.41) is 10.2. The van der Waals surface area contributed by atoms with Crippen molar-refractivity contribution in [2.24, 2.45) is 0 Å². The zero-order valence-corrected chi connectivity index (χ0v) is 18.3. The maximum atomic E-state index is 13.6. The highest BCUT2D eigenvalue weighted by Crippen LogP contribution is 2.28. The van der Waals surface area contributed by atoms with Crippen LogP contribution >= 0.6 is 23.2 Å². The molecule has 3 N–H and O–H groups in total. The van der Waals surface area contributed by atoms with Crippen molar-refractivity contribution in [3.63, 3.8) is 0 Å². The standard InChI is InChI=1S/C21H18Cl2FN5O3/c1-29(20(30)12-5-3-2-4-6-12)21(31)26-17-11-16(19(25)28-27-17)32-10-9-13-14(22)7-8-15(24)18(13)23/h2-8,11H,9-10H2,1H3,(H2,25,28)(H,26,27,31). The van der Waals surface area contributed by atoms with E-state index in [1.165, 1.54) is 25.2 Å². The van der Waals surface area contributed by atoms with Gasteiger partial charge in [-0.2, -0.15) is 0 Å². The topological polar surface area (TPSA) is 110 Å². The molecular formula is C21H18Cl2FN5O3. The largest absolute Gasteiger partial charge is 0.489 e. The second-order valence-electron chi connectivity index (χ2n) is 6.56. The van der Waals surface area contributed by atoms with Crippen LogP contribution in [0.1, 0.15) is 15.9 Å². The zero-order valence-electron chi connectivity index (χ0n) is 16.8. The van der Waals surface area contributed by atoms with Crippen LogP contribution in [-0.2, 0) is 6.42 Å². The molecule has 0 atom stereocenters. The Bertz CT molecular complexity index is 1150. The number of nitrogen functional groups attached to an aromatic ring is 1. The molecule has 0 aliphatic heterocycles. The predicted molar refractivity (Wildman–Crippen MR) is 120 cm³/mol. The molecular weight excluding hydrogens is 460 g/mol. The van der Waals surface area contributed by atoms with E-state index < -0.39 is 17.8 Å². The number of halogens is 3. The van der Waals surface area contributed by atoms with Crippen LogP contribution in [0, 0.1) is 5.82 Å². The second-order valence-corrected chi connectivity index (χ2v) is 7.34. The molecule has 1 heterocycles. The fourth-order valence-corrected chi connectivity index (χ4v) is 3.24. The Balaban J connectivity index is 1.65. The lowest BCUT2D eigenvalue weighted by Crippen LogP contribution is -2.36. The first kappa shape index (κ1) is 23.2. The number of anilines is 2. The lowest BCUT2D eigenvalue weighted by molar-refractivity contribution is 0.0841. The normalized spacial score (nSPS) is 10.5. The highest BCUT2D eigenvalue weighted by molar-refractivity contribution is 6.36. The molecule has 1 aromatic heterocycles. The molecule has 0 radical (unpaired) electrons. The number of imide groups is 1. The third-order valence-electron chi connectivity index (χ3n) is 4.40. The number of hydrogen-bond acceptors (Lipinski definition) is 6. The van der Waals surface area contributed by atoms with Crippen LogP contribution in [0.25, 0.3) is 0 Å². The molecule has 0 saturated heterocycles. The van der Waals surface area contributed by atoms with Gasteiger partial charge in [0.25, 0.3) is 5.91 Å². The minimum absolute atomic E-state index is 0.0202. The van der Waals surface area contributed by atoms with Crippen LogP contribution in [0.15, 0.2) is 48.5 Å². The Hall–Kier alpha value is -3.43. The Labute approximate surface area is 193 Å². The number of urea groups is 1. The first-order valence-corrected chi connectivity index (χ1v) is 10.1. The molecule has 2 aromatic carbocycles. The number of nitrogens with two attached hydrogens (primary N) is 1. The molecule has 3 amide bonds. The molecule has 0 aliphatic carbocycles. The van der Waals surface area contributed by atoms with Crippen LogP contribution in [-0.4, -0.2) is 40.7 Å². The van der Waals surface area contributed by atoms with Crippen molar-refractivity contribution in [3.05, 3.63) is 75.5 Å². The Morgan fingerprint density at radius 3 is 2.59 bits per heavy atom. The van der Waals surface area contributed by atoms with Gasteiger partial charge < -0.3 is 10.5 Å². The quantitative estimate of drug-likeness (QED) is 0.508. The summed E-state index contributed by atoms with van der Waals surface area (Å²) in [7, 11) is 1.33. The van der Waals surface area contributed by atoms with Crippen LogP contribution in [0.4, 0.5) is 20.8 Å². The average Bonchev–Trinajstić information content (AvgIpc) is 2.80. The van der Waals surface area contributed by atoms with E-state index in [1.54, 1.807) is 30.3 Å². The number of carbonyl (C=O) groups excluding carboxylic acids is 2. The number of benzene rings is 2. The number of nitrogens with zero attached hydrogens (tertiary/aromatic N) is 3. The molecule has 3 rings (SSSR count). The predicted octanol–water partition coefficient (Wildman–Crippen LogP) is 4.43. The van der Waals surface area contributed by atoms with E-state index in [0.717, 1.165) is 4.90 Å². The third kappa shape index (κ3) is 5.43. The summed E-state index contributed by atoms with van der Waals surface area (Å²) in [6, 6.07) is 11.6.